The summed E-state index contributed by atoms with van der Waals surface area (Å²) in [6, 6.07) is 3.03. The number of amides is 1. The van der Waals surface area contributed by atoms with E-state index in [1.54, 1.807) is 6.92 Å². The third-order valence-electron chi connectivity index (χ3n) is 3.32. The van der Waals surface area contributed by atoms with Gasteiger partial charge in [0.15, 0.2) is 0 Å². The van der Waals surface area contributed by atoms with E-state index in [-0.39, 0.29) is 18.5 Å². The summed E-state index contributed by atoms with van der Waals surface area (Å²) in [5.74, 6) is -1.15. The molecule has 1 aromatic rings. The van der Waals surface area contributed by atoms with Crippen LogP contribution in [-0.2, 0) is 11.3 Å². The first-order chi connectivity index (χ1) is 9.06. The molecule has 1 heterocycles. The molecule has 0 spiro atoms. The van der Waals surface area contributed by atoms with Gasteiger partial charge in [0.1, 0.15) is 11.6 Å². The summed E-state index contributed by atoms with van der Waals surface area (Å²) in [6.45, 7) is 3.66. The number of benzene rings is 1. The Morgan fingerprint density at radius 1 is 1.26 bits per heavy atom. The molecule has 1 unspecified atom stereocenters. The molecular formula is C14H18F2N2O. The van der Waals surface area contributed by atoms with Gasteiger partial charge in [-0.05, 0) is 37.5 Å². The molecule has 104 valence electrons. The van der Waals surface area contributed by atoms with Crippen molar-refractivity contribution < 1.29 is 13.6 Å². The third-order valence-corrected chi connectivity index (χ3v) is 3.32. The molecular weight excluding hydrogens is 250 g/mol. The first kappa shape index (κ1) is 13.9. The topological polar surface area (TPSA) is 32.3 Å². The average Bonchev–Trinajstić information content (AvgIpc) is 2.87. The normalized spacial score (nSPS) is 16.7. The standard InChI is InChI=1S/C14H18F2N2O/c1-10(14(19)18-4-2-3-5-18)17-9-11-6-12(15)8-13(16)7-11/h6-8,10,17H,2-5,9H2,1H3. The Morgan fingerprint density at radius 2 is 1.84 bits per heavy atom. The first-order valence-electron chi connectivity index (χ1n) is 6.53. The van der Waals surface area contributed by atoms with E-state index < -0.39 is 11.6 Å². The zero-order valence-electron chi connectivity index (χ0n) is 11.0. The summed E-state index contributed by atoms with van der Waals surface area (Å²) in [5, 5.41) is 3.01. The number of hydrogen-bond donors (Lipinski definition) is 1. The van der Waals surface area contributed by atoms with Gasteiger partial charge in [-0.25, -0.2) is 8.78 Å². The Kier molecular flexibility index (Phi) is 4.47. The van der Waals surface area contributed by atoms with E-state index in [1.165, 1.54) is 12.1 Å². The Balaban J connectivity index is 1.88. The first-order valence-corrected chi connectivity index (χ1v) is 6.53. The second-order valence-corrected chi connectivity index (χ2v) is 4.91. The monoisotopic (exact) mass is 268 g/mol. The molecule has 2 rings (SSSR count). The Labute approximate surface area is 111 Å². The quantitative estimate of drug-likeness (QED) is 0.906. The average molecular weight is 268 g/mol. The summed E-state index contributed by atoms with van der Waals surface area (Å²) in [6.07, 6.45) is 2.10. The molecule has 1 saturated heterocycles. The van der Waals surface area contributed by atoms with Crippen LogP contribution in [0.25, 0.3) is 0 Å². The number of nitrogens with one attached hydrogen (secondary N) is 1. The fraction of sp³-hybridized carbons (Fsp3) is 0.500. The van der Waals surface area contributed by atoms with E-state index in [9.17, 15) is 13.6 Å². The molecule has 0 bridgehead atoms. The van der Waals surface area contributed by atoms with Gasteiger partial charge in [0.05, 0.1) is 6.04 Å². The SMILES string of the molecule is CC(NCc1cc(F)cc(F)c1)C(=O)N1CCCC1. The Hall–Kier alpha value is -1.49. The second-order valence-electron chi connectivity index (χ2n) is 4.91. The van der Waals surface area contributed by atoms with Crippen molar-refractivity contribution in [3.8, 4) is 0 Å². The Bertz CT molecular complexity index is 439. The molecule has 3 nitrogen and oxygen atoms in total. The van der Waals surface area contributed by atoms with Crippen LogP contribution in [0.1, 0.15) is 25.3 Å². The van der Waals surface area contributed by atoms with Crippen LogP contribution in [0.4, 0.5) is 8.78 Å². The minimum atomic E-state index is -0.602. The van der Waals surface area contributed by atoms with Crippen molar-refractivity contribution >= 4 is 5.91 Å². The molecule has 1 aliphatic rings. The Morgan fingerprint density at radius 3 is 2.42 bits per heavy atom. The summed E-state index contributed by atoms with van der Waals surface area (Å²) in [7, 11) is 0. The fourth-order valence-electron chi connectivity index (χ4n) is 2.28. The molecule has 0 aliphatic carbocycles. The number of carbonyl (C=O) groups excluding carboxylic acids is 1. The predicted octanol–water partition coefficient (Wildman–Crippen LogP) is 2.07. The van der Waals surface area contributed by atoms with E-state index in [0.29, 0.717) is 5.56 Å². The summed E-state index contributed by atoms with van der Waals surface area (Å²) < 4.78 is 26.0. The van der Waals surface area contributed by atoms with Gasteiger partial charge in [0.2, 0.25) is 5.91 Å². The number of rotatable bonds is 4. The van der Waals surface area contributed by atoms with Gasteiger partial charge in [-0.3, -0.25) is 4.79 Å². The molecule has 1 atom stereocenters. The van der Waals surface area contributed by atoms with E-state index in [2.05, 4.69) is 5.32 Å². The third kappa shape index (κ3) is 3.73. The van der Waals surface area contributed by atoms with Gasteiger partial charge in [-0.2, -0.15) is 0 Å². The van der Waals surface area contributed by atoms with Crippen LogP contribution < -0.4 is 5.32 Å². The van der Waals surface area contributed by atoms with Crippen LogP contribution in [0, 0.1) is 11.6 Å². The van der Waals surface area contributed by atoms with Crippen LogP contribution in [0.2, 0.25) is 0 Å². The zero-order chi connectivity index (χ0) is 13.8. The van der Waals surface area contributed by atoms with Crippen molar-refractivity contribution in [2.24, 2.45) is 0 Å². The lowest BCUT2D eigenvalue weighted by Gasteiger charge is -2.21. The second kappa shape index (κ2) is 6.10. The molecule has 0 saturated carbocycles. The summed E-state index contributed by atoms with van der Waals surface area (Å²) >= 11 is 0. The molecule has 1 N–H and O–H groups in total. The molecule has 1 aliphatic heterocycles. The lowest BCUT2D eigenvalue weighted by atomic mass is 10.2. The highest BCUT2D eigenvalue weighted by atomic mass is 19.1. The van der Waals surface area contributed by atoms with Gasteiger partial charge in [0, 0.05) is 25.7 Å². The summed E-state index contributed by atoms with van der Waals surface area (Å²) in [5.41, 5.74) is 0.499. The van der Waals surface area contributed by atoms with Crippen molar-refractivity contribution in [2.75, 3.05) is 13.1 Å². The lowest BCUT2D eigenvalue weighted by Crippen LogP contribution is -2.43. The lowest BCUT2D eigenvalue weighted by molar-refractivity contribution is -0.131. The van der Waals surface area contributed by atoms with E-state index >= 15 is 0 Å². The van der Waals surface area contributed by atoms with Gasteiger partial charge in [-0.15, -0.1) is 0 Å². The number of carbonyl (C=O) groups is 1. The van der Waals surface area contributed by atoms with E-state index in [1.807, 2.05) is 4.90 Å². The largest absolute Gasteiger partial charge is 0.341 e. The van der Waals surface area contributed by atoms with Gasteiger partial charge in [0.25, 0.3) is 0 Å². The minimum Gasteiger partial charge on any atom is -0.341 e. The van der Waals surface area contributed by atoms with Crippen LogP contribution in [0.5, 0.6) is 0 Å². The van der Waals surface area contributed by atoms with Gasteiger partial charge >= 0.3 is 0 Å². The maximum atomic E-state index is 13.0. The maximum Gasteiger partial charge on any atom is 0.239 e. The van der Waals surface area contributed by atoms with E-state index in [0.717, 1.165) is 32.0 Å². The van der Waals surface area contributed by atoms with Crippen molar-refractivity contribution in [3.63, 3.8) is 0 Å². The molecule has 0 radical (unpaired) electrons. The van der Waals surface area contributed by atoms with Crippen molar-refractivity contribution in [3.05, 3.63) is 35.4 Å². The zero-order valence-corrected chi connectivity index (χ0v) is 11.0. The highest BCUT2D eigenvalue weighted by Gasteiger charge is 2.22. The number of halogens is 2. The number of likely N-dealkylation sites (tertiary alicyclic amines) is 1. The van der Waals surface area contributed by atoms with Gasteiger partial charge in [-0.1, -0.05) is 0 Å². The molecule has 1 aromatic carbocycles. The van der Waals surface area contributed by atoms with Crippen molar-refractivity contribution in [2.45, 2.75) is 32.4 Å². The van der Waals surface area contributed by atoms with Crippen molar-refractivity contribution in [1.29, 1.82) is 0 Å². The number of hydrogen-bond acceptors (Lipinski definition) is 2. The highest BCUT2D eigenvalue weighted by molar-refractivity contribution is 5.81. The van der Waals surface area contributed by atoms with Crippen molar-refractivity contribution in [1.82, 2.24) is 10.2 Å². The smallest absolute Gasteiger partial charge is 0.239 e. The molecule has 0 aromatic heterocycles. The molecule has 1 fully saturated rings. The summed E-state index contributed by atoms with van der Waals surface area (Å²) in [4.78, 5) is 13.8. The maximum absolute atomic E-state index is 13.0. The highest BCUT2D eigenvalue weighted by Crippen LogP contribution is 2.10. The number of nitrogens with zero attached hydrogens (tertiary/aromatic N) is 1. The van der Waals surface area contributed by atoms with Crippen LogP contribution in [-0.4, -0.2) is 29.9 Å². The van der Waals surface area contributed by atoms with Gasteiger partial charge < -0.3 is 10.2 Å². The fourth-order valence-corrected chi connectivity index (χ4v) is 2.28. The van der Waals surface area contributed by atoms with Crippen LogP contribution in [0.3, 0.4) is 0 Å². The molecule has 5 heteroatoms. The molecule has 19 heavy (non-hydrogen) atoms. The minimum absolute atomic E-state index is 0.0503. The predicted molar refractivity (Wildman–Crippen MR) is 68.5 cm³/mol. The van der Waals surface area contributed by atoms with E-state index in [4.69, 9.17) is 0 Å². The van der Waals surface area contributed by atoms with Crippen LogP contribution >= 0.6 is 0 Å². The van der Waals surface area contributed by atoms with Crippen LogP contribution in [0.15, 0.2) is 18.2 Å². The molecule has 1 amide bonds.